The molecular weight excluding hydrogens is 356 g/mol. The number of nitrogens with zero attached hydrogens (tertiary/aromatic N) is 4. The first kappa shape index (κ1) is 17.2. The molecule has 0 radical (unpaired) electrons. The van der Waals surface area contributed by atoms with Crippen LogP contribution in [0.15, 0.2) is 35.4 Å². The van der Waals surface area contributed by atoms with Gasteiger partial charge in [0.2, 0.25) is 0 Å². The van der Waals surface area contributed by atoms with E-state index in [1.807, 2.05) is 36.0 Å². The van der Waals surface area contributed by atoms with Crippen molar-refractivity contribution >= 4 is 10.9 Å². The molecule has 7 heteroatoms. The number of hydrogen-bond acceptors (Lipinski definition) is 5. The Morgan fingerprint density at radius 1 is 1.18 bits per heavy atom. The standard InChI is InChI=1S/C21H20N4O3/c1-24-11-9-22-18(24)5-3-15-2-4-16-17(14-15)23-19-6-7-21(27-12-13-28-21)8-10-25(19)20(16)26/h2,4,9,11,14H,6-8,10,12-13H2,1H3. The van der Waals surface area contributed by atoms with Crippen LogP contribution in [0.3, 0.4) is 0 Å². The van der Waals surface area contributed by atoms with Gasteiger partial charge >= 0.3 is 0 Å². The quantitative estimate of drug-likeness (QED) is 0.558. The molecule has 0 unspecified atom stereocenters. The molecule has 2 aromatic heterocycles. The fourth-order valence-electron chi connectivity index (χ4n) is 3.88. The van der Waals surface area contributed by atoms with Gasteiger partial charge in [0.05, 0.1) is 24.1 Å². The van der Waals surface area contributed by atoms with E-state index in [-0.39, 0.29) is 5.56 Å². The van der Waals surface area contributed by atoms with Crippen molar-refractivity contribution in [1.82, 2.24) is 19.1 Å². The maximum absolute atomic E-state index is 13.0. The summed E-state index contributed by atoms with van der Waals surface area (Å²) in [6, 6.07) is 5.54. The second-order valence-electron chi connectivity index (χ2n) is 7.19. The van der Waals surface area contributed by atoms with Gasteiger partial charge in [0.15, 0.2) is 11.6 Å². The predicted octanol–water partition coefficient (Wildman–Crippen LogP) is 1.61. The molecule has 0 N–H and O–H groups in total. The fraction of sp³-hybridized carbons (Fsp3) is 0.381. The third-order valence-electron chi connectivity index (χ3n) is 5.43. The summed E-state index contributed by atoms with van der Waals surface area (Å²) in [5.41, 5.74) is 1.46. The normalized spacial score (nSPS) is 17.9. The number of imidazole rings is 1. The van der Waals surface area contributed by atoms with E-state index in [1.165, 1.54) is 0 Å². The Morgan fingerprint density at radius 3 is 2.82 bits per heavy atom. The van der Waals surface area contributed by atoms with Crippen LogP contribution in [0.5, 0.6) is 0 Å². The minimum atomic E-state index is -0.564. The summed E-state index contributed by atoms with van der Waals surface area (Å²) in [5, 5.41) is 0.607. The van der Waals surface area contributed by atoms with Gasteiger partial charge in [-0.05, 0) is 24.1 Å². The highest BCUT2D eigenvalue weighted by Crippen LogP contribution is 2.31. The molecule has 0 atom stereocenters. The fourth-order valence-corrected chi connectivity index (χ4v) is 3.88. The monoisotopic (exact) mass is 376 g/mol. The van der Waals surface area contributed by atoms with Crippen LogP contribution in [-0.2, 0) is 29.5 Å². The Morgan fingerprint density at radius 2 is 2.04 bits per heavy atom. The predicted molar refractivity (Wildman–Crippen MR) is 103 cm³/mol. The zero-order chi connectivity index (χ0) is 19.1. The lowest BCUT2D eigenvalue weighted by Crippen LogP contribution is -2.31. The minimum Gasteiger partial charge on any atom is -0.347 e. The van der Waals surface area contributed by atoms with Gasteiger partial charge in [-0.15, -0.1) is 0 Å². The van der Waals surface area contributed by atoms with E-state index in [2.05, 4.69) is 16.8 Å². The van der Waals surface area contributed by atoms with Crippen LogP contribution in [0.2, 0.25) is 0 Å². The Hall–Kier alpha value is -2.95. The SMILES string of the molecule is Cn1ccnc1C#Cc1ccc2c(=O)n3c(nc2c1)CCC1(CC3)OCCO1. The maximum Gasteiger partial charge on any atom is 0.261 e. The van der Waals surface area contributed by atoms with Crippen LogP contribution < -0.4 is 5.56 Å². The summed E-state index contributed by atoms with van der Waals surface area (Å²) >= 11 is 0. The molecule has 1 spiro atoms. The zero-order valence-corrected chi connectivity index (χ0v) is 15.6. The maximum atomic E-state index is 13.0. The molecule has 0 bridgehead atoms. The summed E-state index contributed by atoms with van der Waals surface area (Å²) in [7, 11) is 1.90. The van der Waals surface area contributed by atoms with Gasteiger partial charge in [-0.3, -0.25) is 9.36 Å². The van der Waals surface area contributed by atoms with Crippen molar-refractivity contribution in [2.45, 2.75) is 31.6 Å². The van der Waals surface area contributed by atoms with Crippen LogP contribution >= 0.6 is 0 Å². The second kappa shape index (κ2) is 6.59. The Kier molecular flexibility index (Phi) is 4.04. The number of ether oxygens (including phenoxy) is 2. The first-order valence-electron chi connectivity index (χ1n) is 9.44. The van der Waals surface area contributed by atoms with Crippen molar-refractivity contribution in [3.63, 3.8) is 0 Å². The lowest BCUT2D eigenvalue weighted by Gasteiger charge is -2.24. The molecule has 28 heavy (non-hydrogen) atoms. The minimum absolute atomic E-state index is 0.0151. The molecule has 0 amide bonds. The van der Waals surface area contributed by atoms with Gasteiger partial charge in [-0.2, -0.15) is 0 Å². The van der Waals surface area contributed by atoms with E-state index >= 15 is 0 Å². The lowest BCUT2D eigenvalue weighted by atomic mass is 10.1. The van der Waals surface area contributed by atoms with Gasteiger partial charge in [0.1, 0.15) is 5.82 Å². The van der Waals surface area contributed by atoms with E-state index in [0.717, 1.165) is 11.4 Å². The molecule has 1 saturated heterocycles. The molecule has 7 nitrogen and oxygen atoms in total. The Balaban J connectivity index is 1.53. The highest BCUT2D eigenvalue weighted by Gasteiger charge is 2.38. The number of fused-ring (bicyclic) bond motifs is 2. The van der Waals surface area contributed by atoms with Gasteiger partial charge in [-0.1, -0.05) is 5.92 Å². The number of hydrogen-bond donors (Lipinski definition) is 0. The zero-order valence-electron chi connectivity index (χ0n) is 15.6. The lowest BCUT2D eigenvalue weighted by molar-refractivity contribution is -0.165. The summed E-state index contributed by atoms with van der Waals surface area (Å²) in [6.45, 7) is 1.77. The molecule has 2 aliphatic heterocycles. The van der Waals surface area contributed by atoms with Gasteiger partial charge in [0.25, 0.3) is 5.56 Å². The van der Waals surface area contributed by atoms with Crippen molar-refractivity contribution in [3.05, 3.63) is 58.2 Å². The number of aryl methyl sites for hydroxylation is 2. The van der Waals surface area contributed by atoms with Crippen LogP contribution in [-0.4, -0.2) is 38.1 Å². The van der Waals surface area contributed by atoms with E-state index in [0.29, 0.717) is 55.7 Å². The summed E-state index contributed by atoms with van der Waals surface area (Å²) < 4.78 is 15.3. The van der Waals surface area contributed by atoms with Crippen LogP contribution in [0.25, 0.3) is 10.9 Å². The largest absolute Gasteiger partial charge is 0.347 e. The first-order chi connectivity index (χ1) is 13.6. The van der Waals surface area contributed by atoms with Crippen molar-refractivity contribution < 1.29 is 9.47 Å². The average molecular weight is 376 g/mol. The Labute approximate surface area is 161 Å². The number of aromatic nitrogens is 4. The van der Waals surface area contributed by atoms with Crippen LogP contribution in [0.4, 0.5) is 0 Å². The molecule has 2 aliphatic rings. The number of rotatable bonds is 0. The molecule has 142 valence electrons. The third-order valence-corrected chi connectivity index (χ3v) is 5.43. The Bertz CT molecular complexity index is 1180. The molecule has 3 aromatic rings. The van der Waals surface area contributed by atoms with E-state index in [9.17, 15) is 4.79 Å². The molecule has 1 fully saturated rings. The van der Waals surface area contributed by atoms with E-state index in [4.69, 9.17) is 14.5 Å². The first-order valence-corrected chi connectivity index (χ1v) is 9.44. The summed E-state index contributed by atoms with van der Waals surface area (Å²) in [4.78, 5) is 22.0. The summed E-state index contributed by atoms with van der Waals surface area (Å²) in [5.74, 6) is 7.07. The van der Waals surface area contributed by atoms with Crippen molar-refractivity contribution in [2.75, 3.05) is 13.2 Å². The molecule has 0 saturated carbocycles. The van der Waals surface area contributed by atoms with Crippen molar-refractivity contribution in [1.29, 1.82) is 0 Å². The van der Waals surface area contributed by atoms with Gasteiger partial charge in [-0.25, -0.2) is 9.97 Å². The van der Waals surface area contributed by atoms with E-state index < -0.39 is 5.79 Å². The van der Waals surface area contributed by atoms with Crippen molar-refractivity contribution in [3.8, 4) is 11.8 Å². The molecule has 0 aliphatic carbocycles. The summed E-state index contributed by atoms with van der Waals surface area (Å²) in [6.07, 6.45) is 5.59. The molecule has 4 heterocycles. The van der Waals surface area contributed by atoms with Gasteiger partial charge < -0.3 is 14.0 Å². The smallest absolute Gasteiger partial charge is 0.261 e. The van der Waals surface area contributed by atoms with Crippen molar-refractivity contribution in [2.24, 2.45) is 7.05 Å². The number of benzene rings is 1. The van der Waals surface area contributed by atoms with Crippen LogP contribution in [0.1, 0.15) is 30.1 Å². The van der Waals surface area contributed by atoms with Gasteiger partial charge in [0, 0.05) is 50.8 Å². The average Bonchev–Trinajstić information content (AvgIpc) is 3.28. The molecule has 1 aromatic carbocycles. The highest BCUT2D eigenvalue weighted by molar-refractivity contribution is 5.79. The second-order valence-corrected chi connectivity index (χ2v) is 7.19. The molecular formula is C21H20N4O3. The molecule has 5 rings (SSSR count). The highest BCUT2D eigenvalue weighted by atomic mass is 16.7. The van der Waals surface area contributed by atoms with Crippen LogP contribution in [0, 0.1) is 11.8 Å². The van der Waals surface area contributed by atoms with E-state index in [1.54, 1.807) is 10.8 Å². The topological polar surface area (TPSA) is 71.2 Å². The third kappa shape index (κ3) is 2.91.